The van der Waals surface area contributed by atoms with Crippen LogP contribution in [0.15, 0.2) is 22.4 Å². The van der Waals surface area contributed by atoms with Gasteiger partial charge in [0.1, 0.15) is 17.1 Å². The number of hydrogen-bond donors (Lipinski definition) is 2. The molecule has 24 heavy (non-hydrogen) atoms. The number of aromatic carboxylic acids is 1. The summed E-state index contributed by atoms with van der Waals surface area (Å²) in [6.45, 7) is 0. The summed E-state index contributed by atoms with van der Waals surface area (Å²) in [5, 5.41) is 19.2. The van der Waals surface area contributed by atoms with E-state index in [9.17, 15) is 14.0 Å². The third-order valence-corrected chi connectivity index (χ3v) is 3.60. The van der Waals surface area contributed by atoms with E-state index < -0.39 is 23.4 Å². The third-order valence-electron chi connectivity index (χ3n) is 3.60. The molecular formula is C16H16FN3O4. The average molecular weight is 333 g/mol. The van der Waals surface area contributed by atoms with Crippen molar-refractivity contribution in [3.63, 3.8) is 0 Å². The highest BCUT2D eigenvalue weighted by molar-refractivity contribution is 5.94. The Morgan fingerprint density at radius 2 is 2.12 bits per heavy atom. The number of carbonyl (C=O) groups excluding carboxylic acids is 1. The maximum atomic E-state index is 13.9. The molecule has 0 aromatic heterocycles. The zero-order chi connectivity index (χ0) is 17.7. The van der Waals surface area contributed by atoms with Crippen molar-refractivity contribution in [3.05, 3.63) is 23.5 Å². The van der Waals surface area contributed by atoms with Gasteiger partial charge in [0.2, 0.25) is 5.91 Å². The highest BCUT2D eigenvalue weighted by Crippen LogP contribution is 2.37. The van der Waals surface area contributed by atoms with E-state index in [0.717, 1.165) is 12.1 Å². The van der Waals surface area contributed by atoms with E-state index in [1.165, 1.54) is 7.11 Å². The van der Waals surface area contributed by atoms with Gasteiger partial charge in [-0.15, -0.1) is 12.3 Å². The largest absolute Gasteiger partial charge is 0.496 e. The highest BCUT2D eigenvalue weighted by atomic mass is 19.1. The van der Waals surface area contributed by atoms with Crippen molar-refractivity contribution in [2.24, 2.45) is 10.2 Å². The van der Waals surface area contributed by atoms with Crippen molar-refractivity contribution in [3.8, 4) is 18.1 Å². The minimum Gasteiger partial charge on any atom is -0.496 e. The molecule has 0 unspecified atom stereocenters. The first-order chi connectivity index (χ1) is 11.4. The molecule has 0 saturated carbocycles. The Morgan fingerprint density at radius 1 is 1.42 bits per heavy atom. The van der Waals surface area contributed by atoms with Gasteiger partial charge in [0.15, 0.2) is 5.66 Å². The number of nitrogens with one attached hydrogen (secondary N) is 1. The summed E-state index contributed by atoms with van der Waals surface area (Å²) in [6.07, 6.45) is 6.74. The third kappa shape index (κ3) is 4.07. The van der Waals surface area contributed by atoms with Crippen LogP contribution in [0.2, 0.25) is 0 Å². The van der Waals surface area contributed by atoms with Crippen LogP contribution in [0.4, 0.5) is 10.1 Å². The quantitative estimate of drug-likeness (QED) is 0.714. The van der Waals surface area contributed by atoms with E-state index in [-0.39, 0.29) is 23.4 Å². The number of nitrogens with zero attached hydrogens (tertiary/aromatic N) is 2. The number of anilines is 1. The predicted octanol–water partition coefficient (Wildman–Crippen LogP) is 2.83. The fourth-order valence-corrected chi connectivity index (χ4v) is 2.18. The minimum atomic E-state index is -1.32. The number of carbonyl (C=O) groups is 2. The number of carboxylic acids is 1. The number of ether oxygens (including phenoxy) is 1. The molecule has 0 aliphatic carbocycles. The van der Waals surface area contributed by atoms with E-state index >= 15 is 0 Å². The van der Waals surface area contributed by atoms with Crippen LogP contribution in [0, 0.1) is 18.2 Å². The maximum Gasteiger partial charge on any atom is 0.339 e. The van der Waals surface area contributed by atoms with Crippen LogP contribution >= 0.6 is 0 Å². The first-order valence-corrected chi connectivity index (χ1v) is 7.19. The molecule has 1 aromatic rings. The fourth-order valence-electron chi connectivity index (χ4n) is 2.18. The second-order valence-electron chi connectivity index (χ2n) is 5.27. The summed E-state index contributed by atoms with van der Waals surface area (Å²) in [6, 6.07) is 1.94. The Morgan fingerprint density at radius 3 is 2.67 bits per heavy atom. The average Bonchev–Trinajstić information content (AvgIpc) is 3.33. The first kappa shape index (κ1) is 17.4. The first-order valence-electron chi connectivity index (χ1n) is 7.19. The summed E-state index contributed by atoms with van der Waals surface area (Å²) in [4.78, 5) is 23.0. The van der Waals surface area contributed by atoms with Crippen LogP contribution < -0.4 is 10.1 Å². The molecule has 1 aliphatic heterocycles. The van der Waals surface area contributed by atoms with E-state index in [1.54, 1.807) is 0 Å². The lowest BCUT2D eigenvalue weighted by molar-refractivity contribution is -0.116. The Kier molecular flexibility index (Phi) is 5.14. The van der Waals surface area contributed by atoms with Crippen molar-refractivity contribution in [1.29, 1.82) is 0 Å². The molecule has 7 nitrogen and oxygen atoms in total. The van der Waals surface area contributed by atoms with Gasteiger partial charge in [-0.25, -0.2) is 9.18 Å². The molecule has 1 aliphatic rings. The standard InChI is InChI=1S/C16H16FN3O4/c1-3-4-6-16(19-20-16)7-5-14(21)18-12-9-13(24-2)10(15(22)23)8-11(12)17/h1,8-9H,4-7H2,2H3,(H,18,21)(H,22,23). The van der Waals surface area contributed by atoms with Crippen molar-refractivity contribution in [2.75, 3.05) is 12.4 Å². The second kappa shape index (κ2) is 7.08. The lowest BCUT2D eigenvalue weighted by atomic mass is 10.0. The molecular weight excluding hydrogens is 317 g/mol. The van der Waals surface area contributed by atoms with Crippen molar-refractivity contribution in [2.45, 2.75) is 31.3 Å². The Balaban J connectivity index is 1.99. The summed E-state index contributed by atoms with van der Waals surface area (Å²) in [5.74, 6) is -0.165. The van der Waals surface area contributed by atoms with Gasteiger partial charge in [0.05, 0.1) is 12.8 Å². The van der Waals surface area contributed by atoms with Gasteiger partial charge in [-0.1, -0.05) is 0 Å². The minimum absolute atomic E-state index is 0.0446. The van der Waals surface area contributed by atoms with Crippen molar-refractivity contribution < 1.29 is 23.8 Å². The molecule has 2 N–H and O–H groups in total. The normalized spacial score (nSPS) is 13.9. The Bertz CT molecular complexity index is 734. The number of benzene rings is 1. The van der Waals surface area contributed by atoms with Crippen molar-refractivity contribution in [1.82, 2.24) is 0 Å². The van der Waals surface area contributed by atoms with Gasteiger partial charge in [-0.2, -0.15) is 10.2 Å². The van der Waals surface area contributed by atoms with E-state index in [2.05, 4.69) is 21.5 Å². The SMILES string of the molecule is C#CCCC1(CCC(=O)Nc2cc(OC)c(C(=O)O)cc2F)N=N1. The second-order valence-corrected chi connectivity index (χ2v) is 5.27. The smallest absolute Gasteiger partial charge is 0.339 e. The van der Waals surface area contributed by atoms with Crippen LogP contribution in [-0.4, -0.2) is 29.8 Å². The number of methoxy groups -OCH3 is 1. The molecule has 0 fully saturated rings. The van der Waals surface area contributed by atoms with Crippen LogP contribution in [0.1, 0.15) is 36.0 Å². The summed E-state index contributed by atoms with van der Waals surface area (Å²) < 4.78 is 18.9. The van der Waals surface area contributed by atoms with E-state index in [1.807, 2.05) is 0 Å². The zero-order valence-electron chi connectivity index (χ0n) is 13.0. The van der Waals surface area contributed by atoms with Crippen LogP contribution in [0.3, 0.4) is 0 Å². The monoisotopic (exact) mass is 333 g/mol. The van der Waals surface area contributed by atoms with Crippen LogP contribution in [-0.2, 0) is 4.79 Å². The molecule has 0 radical (unpaired) electrons. The number of amides is 1. The number of carboxylic acid groups (broad SMARTS) is 1. The summed E-state index contributed by atoms with van der Waals surface area (Å²) in [7, 11) is 1.26. The molecule has 8 heteroatoms. The molecule has 126 valence electrons. The fraction of sp³-hybridized carbons (Fsp3) is 0.375. The Hall–Kier alpha value is -2.95. The molecule has 1 amide bonds. The van der Waals surface area contributed by atoms with E-state index in [0.29, 0.717) is 19.3 Å². The number of rotatable bonds is 8. The lowest BCUT2D eigenvalue weighted by Crippen LogP contribution is -2.18. The molecule has 0 saturated heterocycles. The topological polar surface area (TPSA) is 100 Å². The van der Waals surface area contributed by atoms with Crippen LogP contribution in [0.25, 0.3) is 0 Å². The van der Waals surface area contributed by atoms with Gasteiger partial charge in [-0.3, -0.25) is 4.79 Å². The maximum absolute atomic E-state index is 13.9. The van der Waals surface area contributed by atoms with Gasteiger partial charge in [-0.05, 0) is 6.07 Å². The molecule has 0 atom stereocenters. The predicted molar refractivity (Wildman–Crippen MR) is 83.4 cm³/mol. The van der Waals surface area contributed by atoms with Gasteiger partial charge in [0.25, 0.3) is 0 Å². The summed E-state index contributed by atoms with van der Waals surface area (Å²) in [5.41, 5.74) is -1.06. The molecule has 0 spiro atoms. The molecule has 0 bridgehead atoms. The number of hydrogen-bond acceptors (Lipinski definition) is 5. The number of terminal acetylenes is 1. The van der Waals surface area contributed by atoms with Crippen molar-refractivity contribution >= 4 is 17.6 Å². The van der Waals surface area contributed by atoms with Gasteiger partial charge in [0, 0.05) is 31.7 Å². The van der Waals surface area contributed by atoms with E-state index in [4.69, 9.17) is 16.3 Å². The Labute approximate surface area is 137 Å². The molecule has 2 rings (SSSR count). The molecule has 1 heterocycles. The lowest BCUT2D eigenvalue weighted by Gasteiger charge is -2.12. The summed E-state index contributed by atoms with van der Waals surface area (Å²) >= 11 is 0. The number of halogens is 1. The highest BCUT2D eigenvalue weighted by Gasteiger charge is 2.39. The van der Waals surface area contributed by atoms with Crippen LogP contribution in [0.5, 0.6) is 5.75 Å². The molecule has 1 aromatic carbocycles. The van der Waals surface area contributed by atoms with Gasteiger partial charge >= 0.3 is 5.97 Å². The van der Waals surface area contributed by atoms with Gasteiger partial charge < -0.3 is 15.2 Å². The zero-order valence-corrected chi connectivity index (χ0v) is 13.0.